The molecule has 7 nitrogen and oxygen atoms in total. The number of likely N-dealkylation sites (tertiary alicyclic amines) is 1. The second-order valence-corrected chi connectivity index (χ2v) is 6.82. The number of benzene rings is 2. The zero-order valence-corrected chi connectivity index (χ0v) is 15.1. The summed E-state index contributed by atoms with van der Waals surface area (Å²) >= 11 is 0. The van der Waals surface area contributed by atoms with Crippen molar-refractivity contribution < 1.29 is 18.9 Å². The zero-order chi connectivity index (χ0) is 20.1. The number of halogens is 1. The van der Waals surface area contributed by atoms with Crippen molar-refractivity contribution in [1.29, 1.82) is 0 Å². The molecule has 1 fully saturated rings. The second kappa shape index (κ2) is 8.60. The molecular formula is C20H20FN3O4. The highest BCUT2D eigenvalue weighted by Crippen LogP contribution is 2.22. The summed E-state index contributed by atoms with van der Waals surface area (Å²) in [4.78, 5) is 36.1. The quantitative estimate of drug-likeness (QED) is 0.497. The Bertz CT molecular complexity index is 860. The molecule has 2 aromatic carbocycles. The first-order valence-corrected chi connectivity index (χ1v) is 9.01. The van der Waals surface area contributed by atoms with Crippen molar-refractivity contribution in [2.45, 2.75) is 19.3 Å². The normalized spacial score (nSPS) is 14.5. The number of nitro groups is 1. The van der Waals surface area contributed by atoms with E-state index in [0.29, 0.717) is 24.7 Å². The number of nitrogens with zero attached hydrogens (tertiary/aromatic N) is 2. The average Bonchev–Trinajstić information content (AvgIpc) is 2.70. The number of anilines is 1. The van der Waals surface area contributed by atoms with Crippen molar-refractivity contribution in [3.05, 3.63) is 70.0 Å². The lowest BCUT2D eigenvalue weighted by molar-refractivity contribution is -0.384. The Balaban J connectivity index is 1.49. The number of nitrogens with one attached hydrogen (secondary N) is 1. The smallest absolute Gasteiger partial charge is 0.313 e. The van der Waals surface area contributed by atoms with Crippen LogP contribution in [0.2, 0.25) is 0 Å². The molecule has 1 aliphatic rings. The van der Waals surface area contributed by atoms with Crippen LogP contribution in [0.15, 0.2) is 48.5 Å². The lowest BCUT2D eigenvalue weighted by Crippen LogP contribution is -2.44. The largest absolute Gasteiger partial charge is 0.334 e. The summed E-state index contributed by atoms with van der Waals surface area (Å²) < 4.78 is 13.0. The minimum Gasteiger partial charge on any atom is -0.334 e. The minimum absolute atomic E-state index is 0.0902. The number of piperidine rings is 1. The lowest BCUT2D eigenvalue weighted by Gasteiger charge is -2.31. The van der Waals surface area contributed by atoms with Gasteiger partial charge in [-0.2, -0.15) is 0 Å². The standard InChI is InChI=1S/C20H20FN3O4/c21-16-3-1-14(2-4-16)13-15-9-11-23(12-10-15)20(26)19(25)22-17-5-7-18(8-6-17)24(27)28/h1-8,15H,9-13H2,(H,22,25). The molecule has 146 valence electrons. The zero-order valence-electron chi connectivity index (χ0n) is 15.1. The first kappa shape index (κ1) is 19.5. The molecule has 0 spiro atoms. The highest BCUT2D eigenvalue weighted by atomic mass is 19.1. The molecule has 8 heteroatoms. The Morgan fingerprint density at radius 3 is 2.25 bits per heavy atom. The number of non-ortho nitro benzene ring substituents is 1. The first-order chi connectivity index (χ1) is 13.4. The van der Waals surface area contributed by atoms with Gasteiger partial charge < -0.3 is 10.2 Å². The van der Waals surface area contributed by atoms with E-state index in [9.17, 15) is 24.1 Å². The van der Waals surface area contributed by atoms with E-state index in [1.807, 2.05) is 0 Å². The van der Waals surface area contributed by atoms with Crippen molar-refractivity contribution in [3.8, 4) is 0 Å². The van der Waals surface area contributed by atoms with E-state index in [1.54, 1.807) is 12.1 Å². The van der Waals surface area contributed by atoms with Gasteiger partial charge in [-0.05, 0) is 55.0 Å². The Morgan fingerprint density at radius 2 is 1.68 bits per heavy atom. The first-order valence-electron chi connectivity index (χ1n) is 9.01. The van der Waals surface area contributed by atoms with Gasteiger partial charge in [-0.15, -0.1) is 0 Å². The molecule has 2 aromatic rings. The summed E-state index contributed by atoms with van der Waals surface area (Å²) in [6, 6.07) is 11.7. The van der Waals surface area contributed by atoms with Gasteiger partial charge in [-0.3, -0.25) is 19.7 Å². The number of amides is 2. The molecule has 0 radical (unpaired) electrons. The number of carbonyl (C=O) groups is 2. The van der Waals surface area contributed by atoms with Crippen molar-refractivity contribution in [3.63, 3.8) is 0 Å². The maximum Gasteiger partial charge on any atom is 0.313 e. The van der Waals surface area contributed by atoms with Crippen LogP contribution in [0.3, 0.4) is 0 Å². The van der Waals surface area contributed by atoms with E-state index in [2.05, 4.69) is 5.32 Å². The van der Waals surface area contributed by atoms with Crippen molar-refractivity contribution in [2.24, 2.45) is 5.92 Å². The topological polar surface area (TPSA) is 92.5 Å². The minimum atomic E-state index is -0.758. The van der Waals surface area contributed by atoms with Crippen molar-refractivity contribution >= 4 is 23.2 Å². The van der Waals surface area contributed by atoms with Crippen LogP contribution in [0.1, 0.15) is 18.4 Å². The summed E-state index contributed by atoms with van der Waals surface area (Å²) in [5, 5.41) is 13.1. The fourth-order valence-corrected chi connectivity index (χ4v) is 3.29. The van der Waals surface area contributed by atoms with E-state index in [1.165, 1.54) is 41.3 Å². The second-order valence-electron chi connectivity index (χ2n) is 6.82. The van der Waals surface area contributed by atoms with Crippen LogP contribution in [0, 0.1) is 21.8 Å². The molecule has 1 N–H and O–H groups in total. The van der Waals surface area contributed by atoms with Gasteiger partial charge in [0.15, 0.2) is 0 Å². The molecule has 28 heavy (non-hydrogen) atoms. The van der Waals surface area contributed by atoms with E-state index >= 15 is 0 Å². The number of nitro benzene ring substituents is 1. The summed E-state index contributed by atoms with van der Waals surface area (Å²) in [5.74, 6) is -1.25. The molecule has 0 aromatic heterocycles. The fraction of sp³-hybridized carbons (Fsp3) is 0.300. The summed E-state index contributed by atoms with van der Waals surface area (Å²) in [6.07, 6.45) is 2.36. The van der Waals surface area contributed by atoms with Crippen molar-refractivity contribution in [1.82, 2.24) is 4.90 Å². The molecule has 1 heterocycles. The average molecular weight is 385 g/mol. The summed E-state index contributed by atoms with van der Waals surface area (Å²) in [7, 11) is 0. The molecule has 0 saturated carbocycles. The predicted molar refractivity (Wildman–Crippen MR) is 101 cm³/mol. The summed E-state index contributed by atoms with van der Waals surface area (Å²) in [6.45, 7) is 0.969. The van der Waals surface area contributed by atoms with Gasteiger partial charge in [-0.25, -0.2) is 4.39 Å². The van der Waals surface area contributed by atoms with Crippen LogP contribution in [0.25, 0.3) is 0 Å². The Morgan fingerprint density at radius 1 is 1.07 bits per heavy atom. The van der Waals surface area contributed by atoms with Crippen LogP contribution in [0.4, 0.5) is 15.8 Å². The highest BCUT2D eigenvalue weighted by molar-refractivity contribution is 6.39. The third kappa shape index (κ3) is 4.91. The highest BCUT2D eigenvalue weighted by Gasteiger charge is 2.27. The molecule has 0 aliphatic carbocycles. The number of carbonyl (C=O) groups excluding carboxylic acids is 2. The van der Waals surface area contributed by atoms with Gasteiger partial charge in [0.2, 0.25) is 0 Å². The molecule has 1 saturated heterocycles. The molecule has 3 rings (SSSR count). The van der Waals surface area contributed by atoms with Crippen LogP contribution >= 0.6 is 0 Å². The molecule has 0 bridgehead atoms. The van der Waals surface area contributed by atoms with Gasteiger partial charge >= 0.3 is 11.8 Å². The Labute approximate surface area is 161 Å². The lowest BCUT2D eigenvalue weighted by atomic mass is 9.90. The maximum absolute atomic E-state index is 13.0. The van der Waals surface area contributed by atoms with Gasteiger partial charge in [0.25, 0.3) is 5.69 Å². The third-order valence-electron chi connectivity index (χ3n) is 4.87. The Kier molecular flexibility index (Phi) is 5.98. The number of hydrogen-bond acceptors (Lipinski definition) is 4. The van der Waals surface area contributed by atoms with Crippen molar-refractivity contribution in [2.75, 3.05) is 18.4 Å². The van der Waals surface area contributed by atoms with E-state index in [0.717, 1.165) is 24.8 Å². The SMILES string of the molecule is O=C(Nc1ccc([N+](=O)[O-])cc1)C(=O)N1CCC(Cc2ccc(F)cc2)CC1. The van der Waals surface area contributed by atoms with Gasteiger partial charge in [0.1, 0.15) is 5.82 Å². The molecule has 0 atom stereocenters. The fourth-order valence-electron chi connectivity index (χ4n) is 3.29. The monoisotopic (exact) mass is 385 g/mol. The molecule has 1 aliphatic heterocycles. The molecule has 2 amide bonds. The predicted octanol–water partition coefficient (Wildman–Crippen LogP) is 3.15. The van der Waals surface area contributed by atoms with E-state index in [4.69, 9.17) is 0 Å². The van der Waals surface area contributed by atoms with Gasteiger partial charge in [0.05, 0.1) is 4.92 Å². The number of hydrogen-bond donors (Lipinski definition) is 1. The van der Waals surface area contributed by atoms with E-state index < -0.39 is 16.7 Å². The summed E-state index contributed by atoms with van der Waals surface area (Å²) in [5.41, 5.74) is 1.30. The van der Waals surface area contributed by atoms with Gasteiger partial charge in [-0.1, -0.05) is 12.1 Å². The molecule has 0 unspecified atom stereocenters. The van der Waals surface area contributed by atoms with Crippen LogP contribution < -0.4 is 5.32 Å². The third-order valence-corrected chi connectivity index (χ3v) is 4.87. The van der Waals surface area contributed by atoms with Gasteiger partial charge in [0, 0.05) is 30.9 Å². The van der Waals surface area contributed by atoms with Crippen LogP contribution in [-0.2, 0) is 16.0 Å². The Hall–Kier alpha value is -3.29. The molecular weight excluding hydrogens is 365 g/mol. The van der Waals surface area contributed by atoms with Crippen LogP contribution in [0.5, 0.6) is 0 Å². The van der Waals surface area contributed by atoms with E-state index in [-0.39, 0.29) is 11.5 Å². The maximum atomic E-state index is 13.0. The van der Waals surface area contributed by atoms with Crippen LogP contribution in [-0.4, -0.2) is 34.7 Å². The number of rotatable bonds is 4.